The van der Waals surface area contributed by atoms with Gasteiger partial charge in [0.15, 0.2) is 5.96 Å². The van der Waals surface area contributed by atoms with E-state index >= 15 is 0 Å². The second kappa shape index (κ2) is 10.3. The van der Waals surface area contributed by atoms with Crippen LogP contribution in [0.2, 0.25) is 0 Å². The molecular formula is C21H27FN4O. The van der Waals surface area contributed by atoms with Crippen LogP contribution in [0.25, 0.3) is 0 Å². The van der Waals surface area contributed by atoms with E-state index in [9.17, 15) is 9.18 Å². The predicted molar refractivity (Wildman–Crippen MR) is 108 cm³/mol. The molecule has 0 bridgehead atoms. The lowest BCUT2D eigenvalue weighted by molar-refractivity contribution is -0.118. The number of carbonyl (C=O) groups excluding carboxylic acids is 1. The van der Waals surface area contributed by atoms with E-state index < -0.39 is 0 Å². The normalized spacial score (nSPS) is 11.4. The lowest BCUT2D eigenvalue weighted by Gasteiger charge is -2.13. The highest BCUT2D eigenvalue weighted by molar-refractivity contribution is 5.92. The Morgan fingerprint density at radius 3 is 2.44 bits per heavy atom. The Labute approximate surface area is 160 Å². The molecule has 5 nitrogen and oxygen atoms in total. The van der Waals surface area contributed by atoms with Gasteiger partial charge in [-0.15, -0.1) is 0 Å². The summed E-state index contributed by atoms with van der Waals surface area (Å²) in [5.74, 6) is 0.420. The van der Waals surface area contributed by atoms with Crippen LogP contribution in [0, 0.1) is 11.7 Å². The molecule has 2 rings (SSSR count). The lowest BCUT2D eigenvalue weighted by atomic mass is 10.1. The number of nitrogens with one attached hydrogen (secondary N) is 3. The first-order valence-electron chi connectivity index (χ1n) is 9.06. The van der Waals surface area contributed by atoms with Crippen LogP contribution < -0.4 is 16.0 Å². The first-order valence-corrected chi connectivity index (χ1v) is 9.06. The number of hydrogen-bond acceptors (Lipinski definition) is 2. The highest BCUT2D eigenvalue weighted by atomic mass is 19.1. The molecule has 0 unspecified atom stereocenters. The largest absolute Gasteiger partial charge is 0.356 e. The number of guanidine groups is 1. The Morgan fingerprint density at radius 1 is 1.07 bits per heavy atom. The zero-order valence-electron chi connectivity index (χ0n) is 16.1. The molecule has 0 aliphatic rings. The maximum atomic E-state index is 13.2. The van der Waals surface area contributed by atoms with E-state index in [4.69, 9.17) is 0 Å². The molecule has 0 radical (unpaired) electrons. The average Bonchev–Trinajstić information content (AvgIpc) is 2.65. The average molecular weight is 370 g/mol. The van der Waals surface area contributed by atoms with Crippen LogP contribution in [0.15, 0.2) is 53.5 Å². The lowest BCUT2D eigenvalue weighted by Crippen LogP contribution is -2.37. The van der Waals surface area contributed by atoms with Gasteiger partial charge in [-0.25, -0.2) is 4.39 Å². The van der Waals surface area contributed by atoms with Crippen molar-refractivity contribution in [2.24, 2.45) is 10.9 Å². The Morgan fingerprint density at radius 2 is 1.81 bits per heavy atom. The summed E-state index contributed by atoms with van der Waals surface area (Å²) < 4.78 is 13.2. The number of aliphatic imine (C=N–C) groups is 1. The molecule has 2 aromatic carbocycles. The highest BCUT2D eigenvalue weighted by Gasteiger charge is 2.06. The van der Waals surface area contributed by atoms with Gasteiger partial charge in [-0.2, -0.15) is 0 Å². The molecule has 2 aromatic rings. The van der Waals surface area contributed by atoms with Crippen molar-refractivity contribution in [3.8, 4) is 0 Å². The monoisotopic (exact) mass is 370 g/mol. The molecule has 0 atom stereocenters. The maximum absolute atomic E-state index is 13.2. The van der Waals surface area contributed by atoms with E-state index in [-0.39, 0.29) is 17.6 Å². The van der Waals surface area contributed by atoms with Crippen molar-refractivity contribution in [3.05, 3.63) is 65.5 Å². The highest BCUT2D eigenvalue weighted by Crippen LogP contribution is 2.11. The fourth-order valence-electron chi connectivity index (χ4n) is 2.42. The third-order valence-corrected chi connectivity index (χ3v) is 4.02. The van der Waals surface area contributed by atoms with Crippen LogP contribution in [0.3, 0.4) is 0 Å². The van der Waals surface area contributed by atoms with E-state index in [0.29, 0.717) is 25.5 Å². The van der Waals surface area contributed by atoms with Gasteiger partial charge in [-0.05, 0) is 41.8 Å². The van der Waals surface area contributed by atoms with Gasteiger partial charge in [0, 0.05) is 31.7 Å². The van der Waals surface area contributed by atoms with Crippen molar-refractivity contribution in [3.63, 3.8) is 0 Å². The summed E-state index contributed by atoms with van der Waals surface area (Å²) in [5, 5.41) is 9.33. The van der Waals surface area contributed by atoms with Gasteiger partial charge in [0.05, 0.1) is 0 Å². The molecular weight excluding hydrogens is 343 g/mol. The number of carbonyl (C=O) groups is 1. The van der Waals surface area contributed by atoms with Gasteiger partial charge in [0.25, 0.3) is 0 Å². The SMILES string of the molecule is CN=C(NCCc1cccc(F)c1)NCc1ccc(NC(=O)C(C)C)cc1. The van der Waals surface area contributed by atoms with Crippen LogP contribution in [0.1, 0.15) is 25.0 Å². The van der Waals surface area contributed by atoms with Crippen molar-refractivity contribution in [2.75, 3.05) is 18.9 Å². The van der Waals surface area contributed by atoms with Crippen molar-refractivity contribution in [2.45, 2.75) is 26.8 Å². The number of amides is 1. The summed E-state index contributed by atoms with van der Waals surface area (Å²) in [6, 6.07) is 14.3. The molecule has 27 heavy (non-hydrogen) atoms. The minimum absolute atomic E-state index is 0.00350. The molecule has 0 saturated carbocycles. The Hall–Kier alpha value is -2.89. The maximum Gasteiger partial charge on any atom is 0.226 e. The predicted octanol–water partition coefficient (Wildman–Crippen LogP) is 3.33. The van der Waals surface area contributed by atoms with Crippen molar-refractivity contribution in [1.82, 2.24) is 10.6 Å². The summed E-state index contributed by atoms with van der Waals surface area (Å²) in [5.41, 5.74) is 2.80. The van der Waals surface area contributed by atoms with Gasteiger partial charge in [-0.3, -0.25) is 9.79 Å². The number of anilines is 1. The zero-order chi connectivity index (χ0) is 19.6. The third-order valence-electron chi connectivity index (χ3n) is 4.02. The number of nitrogens with zero attached hydrogens (tertiary/aromatic N) is 1. The molecule has 0 aliphatic carbocycles. The molecule has 0 fully saturated rings. The number of rotatable bonds is 7. The van der Waals surface area contributed by atoms with Gasteiger partial charge < -0.3 is 16.0 Å². The van der Waals surface area contributed by atoms with Gasteiger partial charge in [-0.1, -0.05) is 38.1 Å². The molecule has 0 saturated heterocycles. The summed E-state index contributed by atoms with van der Waals surface area (Å²) in [6.45, 7) is 4.99. The first kappa shape index (κ1) is 20.4. The Kier molecular flexibility index (Phi) is 7.79. The van der Waals surface area contributed by atoms with E-state index in [0.717, 1.165) is 16.8 Å². The van der Waals surface area contributed by atoms with Gasteiger partial charge in [0.2, 0.25) is 5.91 Å². The van der Waals surface area contributed by atoms with Crippen LogP contribution >= 0.6 is 0 Å². The molecule has 3 N–H and O–H groups in total. The summed E-state index contributed by atoms with van der Waals surface area (Å²) in [6.07, 6.45) is 0.711. The molecule has 1 amide bonds. The van der Waals surface area contributed by atoms with E-state index in [1.54, 1.807) is 13.1 Å². The smallest absolute Gasteiger partial charge is 0.226 e. The molecule has 6 heteroatoms. The van der Waals surface area contributed by atoms with E-state index in [2.05, 4.69) is 20.9 Å². The number of benzene rings is 2. The second-order valence-electron chi connectivity index (χ2n) is 6.57. The van der Waals surface area contributed by atoms with Gasteiger partial charge >= 0.3 is 0 Å². The molecule has 0 heterocycles. The van der Waals surface area contributed by atoms with E-state index in [1.165, 1.54) is 12.1 Å². The van der Waals surface area contributed by atoms with Crippen molar-refractivity contribution in [1.29, 1.82) is 0 Å². The quantitative estimate of drug-likeness (QED) is 0.517. The van der Waals surface area contributed by atoms with Crippen LogP contribution in [0.5, 0.6) is 0 Å². The standard InChI is InChI=1S/C21H27FN4O/c1-15(2)20(27)26-19-9-7-17(8-10-19)14-25-21(23-3)24-12-11-16-5-4-6-18(22)13-16/h4-10,13,15H,11-12,14H2,1-3H3,(H,26,27)(H2,23,24,25). The van der Waals surface area contributed by atoms with Crippen LogP contribution in [0.4, 0.5) is 10.1 Å². The fourth-order valence-corrected chi connectivity index (χ4v) is 2.42. The minimum Gasteiger partial charge on any atom is -0.356 e. The van der Waals surface area contributed by atoms with E-state index in [1.807, 2.05) is 44.2 Å². The minimum atomic E-state index is -0.219. The van der Waals surface area contributed by atoms with Crippen molar-refractivity contribution >= 4 is 17.6 Å². The molecule has 144 valence electrons. The number of halogens is 1. The van der Waals surface area contributed by atoms with Gasteiger partial charge in [0.1, 0.15) is 5.82 Å². The Balaban J connectivity index is 1.77. The molecule has 0 aliphatic heterocycles. The third kappa shape index (κ3) is 7.09. The zero-order valence-corrected chi connectivity index (χ0v) is 16.1. The summed E-state index contributed by atoms with van der Waals surface area (Å²) >= 11 is 0. The summed E-state index contributed by atoms with van der Waals surface area (Å²) in [7, 11) is 1.71. The first-order chi connectivity index (χ1) is 13.0. The number of hydrogen-bond donors (Lipinski definition) is 3. The Bertz CT molecular complexity index is 772. The molecule has 0 aromatic heterocycles. The fraction of sp³-hybridized carbons (Fsp3) is 0.333. The second-order valence-corrected chi connectivity index (χ2v) is 6.57. The summed E-state index contributed by atoms with van der Waals surface area (Å²) in [4.78, 5) is 15.9. The van der Waals surface area contributed by atoms with Crippen LogP contribution in [-0.2, 0) is 17.8 Å². The van der Waals surface area contributed by atoms with Crippen LogP contribution in [-0.4, -0.2) is 25.5 Å². The molecule has 0 spiro atoms. The topological polar surface area (TPSA) is 65.5 Å². The van der Waals surface area contributed by atoms with Crippen molar-refractivity contribution < 1.29 is 9.18 Å².